The molecule has 0 saturated heterocycles. The lowest BCUT2D eigenvalue weighted by atomic mass is 10.1. The quantitative estimate of drug-likeness (QED) is 0.751. The standard InChI is InChI=1S/C13H21N3O/c1-10(13(17)15-2)8-16(3)9-11-5-4-6-12(14)7-11/h4-7,10H,8-9,14H2,1-3H3,(H,15,17). The topological polar surface area (TPSA) is 58.4 Å². The zero-order chi connectivity index (χ0) is 12.8. The molecule has 0 saturated carbocycles. The fraction of sp³-hybridized carbons (Fsp3) is 0.462. The summed E-state index contributed by atoms with van der Waals surface area (Å²) in [6.07, 6.45) is 0. The van der Waals surface area contributed by atoms with Gasteiger partial charge in [-0.25, -0.2) is 0 Å². The number of hydrogen-bond donors (Lipinski definition) is 2. The van der Waals surface area contributed by atoms with Crippen molar-refractivity contribution >= 4 is 11.6 Å². The lowest BCUT2D eigenvalue weighted by Crippen LogP contribution is -2.34. The summed E-state index contributed by atoms with van der Waals surface area (Å²) >= 11 is 0. The Hall–Kier alpha value is -1.55. The molecule has 3 N–H and O–H groups in total. The van der Waals surface area contributed by atoms with Gasteiger partial charge in [0.25, 0.3) is 0 Å². The molecule has 94 valence electrons. The number of nitrogen functional groups attached to an aromatic ring is 1. The van der Waals surface area contributed by atoms with Crippen LogP contribution in [0.2, 0.25) is 0 Å². The molecule has 0 radical (unpaired) electrons. The lowest BCUT2D eigenvalue weighted by molar-refractivity contribution is -0.124. The number of amides is 1. The van der Waals surface area contributed by atoms with Crippen LogP contribution < -0.4 is 11.1 Å². The van der Waals surface area contributed by atoms with Crippen LogP contribution in [0.25, 0.3) is 0 Å². The van der Waals surface area contributed by atoms with Gasteiger partial charge in [0.15, 0.2) is 0 Å². The highest BCUT2D eigenvalue weighted by molar-refractivity contribution is 5.78. The molecule has 0 bridgehead atoms. The van der Waals surface area contributed by atoms with E-state index < -0.39 is 0 Å². The molecule has 1 unspecified atom stereocenters. The Labute approximate surface area is 103 Å². The van der Waals surface area contributed by atoms with Crippen LogP contribution >= 0.6 is 0 Å². The van der Waals surface area contributed by atoms with Crippen molar-refractivity contribution in [2.45, 2.75) is 13.5 Å². The second-order valence-electron chi connectivity index (χ2n) is 4.46. The minimum absolute atomic E-state index is 0.00828. The third kappa shape index (κ3) is 4.44. The Morgan fingerprint density at radius 2 is 2.24 bits per heavy atom. The van der Waals surface area contributed by atoms with E-state index in [2.05, 4.69) is 10.2 Å². The zero-order valence-corrected chi connectivity index (χ0v) is 10.7. The molecular weight excluding hydrogens is 214 g/mol. The van der Waals surface area contributed by atoms with Gasteiger partial charge in [0, 0.05) is 31.7 Å². The van der Waals surface area contributed by atoms with Crippen molar-refractivity contribution in [2.24, 2.45) is 5.92 Å². The van der Waals surface area contributed by atoms with E-state index in [1.807, 2.05) is 38.2 Å². The summed E-state index contributed by atoms with van der Waals surface area (Å²) in [5.74, 6) is 0.0653. The average molecular weight is 235 g/mol. The largest absolute Gasteiger partial charge is 0.399 e. The highest BCUT2D eigenvalue weighted by Crippen LogP contribution is 2.09. The van der Waals surface area contributed by atoms with Crippen molar-refractivity contribution in [2.75, 3.05) is 26.4 Å². The summed E-state index contributed by atoms with van der Waals surface area (Å²) in [5, 5.41) is 2.66. The Kier molecular flexibility index (Phi) is 4.97. The smallest absolute Gasteiger partial charge is 0.223 e. The number of carbonyl (C=O) groups is 1. The molecular formula is C13H21N3O. The first-order valence-corrected chi connectivity index (χ1v) is 5.77. The van der Waals surface area contributed by atoms with Crippen molar-refractivity contribution in [3.05, 3.63) is 29.8 Å². The molecule has 1 atom stereocenters. The van der Waals surface area contributed by atoms with E-state index in [1.165, 1.54) is 0 Å². The summed E-state index contributed by atoms with van der Waals surface area (Å²) in [7, 11) is 3.67. The van der Waals surface area contributed by atoms with E-state index >= 15 is 0 Å². The fourth-order valence-electron chi connectivity index (χ4n) is 1.86. The molecule has 1 amide bonds. The predicted octanol–water partition coefficient (Wildman–Crippen LogP) is 1.08. The summed E-state index contributed by atoms with van der Waals surface area (Å²) in [4.78, 5) is 13.5. The molecule has 1 aromatic rings. The van der Waals surface area contributed by atoms with Gasteiger partial charge >= 0.3 is 0 Å². The Bertz CT molecular complexity index is 379. The van der Waals surface area contributed by atoms with Gasteiger partial charge < -0.3 is 16.0 Å². The maximum atomic E-state index is 11.4. The van der Waals surface area contributed by atoms with Gasteiger partial charge in [0.2, 0.25) is 5.91 Å². The molecule has 17 heavy (non-hydrogen) atoms. The van der Waals surface area contributed by atoms with Crippen molar-refractivity contribution in [3.8, 4) is 0 Å². The van der Waals surface area contributed by atoms with Gasteiger partial charge in [-0.2, -0.15) is 0 Å². The van der Waals surface area contributed by atoms with Crippen molar-refractivity contribution < 1.29 is 4.79 Å². The molecule has 0 heterocycles. The molecule has 0 aliphatic heterocycles. The molecule has 1 aromatic carbocycles. The molecule has 0 spiro atoms. The minimum Gasteiger partial charge on any atom is -0.399 e. The molecule has 4 heteroatoms. The van der Waals surface area contributed by atoms with Crippen LogP contribution in [0.15, 0.2) is 24.3 Å². The molecule has 0 aliphatic carbocycles. The van der Waals surface area contributed by atoms with E-state index in [4.69, 9.17) is 5.73 Å². The molecule has 0 aliphatic rings. The van der Waals surface area contributed by atoms with E-state index in [0.29, 0.717) is 0 Å². The lowest BCUT2D eigenvalue weighted by Gasteiger charge is -2.20. The highest BCUT2D eigenvalue weighted by Gasteiger charge is 2.13. The highest BCUT2D eigenvalue weighted by atomic mass is 16.1. The summed E-state index contributed by atoms with van der Waals surface area (Å²) in [6.45, 7) is 3.45. The van der Waals surface area contributed by atoms with Crippen molar-refractivity contribution in [3.63, 3.8) is 0 Å². The number of anilines is 1. The van der Waals surface area contributed by atoms with Gasteiger partial charge in [0.05, 0.1) is 0 Å². The van der Waals surface area contributed by atoms with Gasteiger partial charge in [0.1, 0.15) is 0 Å². The Morgan fingerprint density at radius 1 is 1.53 bits per heavy atom. The summed E-state index contributed by atoms with van der Waals surface area (Å²) < 4.78 is 0. The van der Waals surface area contributed by atoms with E-state index in [-0.39, 0.29) is 11.8 Å². The molecule has 1 rings (SSSR count). The third-order valence-corrected chi connectivity index (χ3v) is 2.68. The first kappa shape index (κ1) is 13.5. The molecule has 0 fully saturated rings. The third-order valence-electron chi connectivity index (χ3n) is 2.68. The van der Waals surface area contributed by atoms with Crippen molar-refractivity contribution in [1.82, 2.24) is 10.2 Å². The van der Waals surface area contributed by atoms with Crippen LogP contribution in [0.5, 0.6) is 0 Å². The van der Waals surface area contributed by atoms with E-state index in [1.54, 1.807) is 7.05 Å². The SMILES string of the molecule is CNC(=O)C(C)CN(C)Cc1cccc(N)c1. The van der Waals surface area contributed by atoms with Crippen LogP contribution in [0, 0.1) is 5.92 Å². The second-order valence-corrected chi connectivity index (χ2v) is 4.46. The Morgan fingerprint density at radius 3 is 2.82 bits per heavy atom. The number of nitrogens with zero attached hydrogens (tertiary/aromatic N) is 1. The maximum absolute atomic E-state index is 11.4. The number of nitrogens with two attached hydrogens (primary N) is 1. The van der Waals surface area contributed by atoms with Gasteiger partial charge in [-0.1, -0.05) is 19.1 Å². The Balaban J connectivity index is 2.49. The first-order valence-electron chi connectivity index (χ1n) is 5.77. The number of carbonyl (C=O) groups excluding carboxylic acids is 1. The van der Waals surface area contributed by atoms with Crippen LogP contribution in [0.3, 0.4) is 0 Å². The minimum atomic E-state index is -0.00828. The van der Waals surface area contributed by atoms with Crippen molar-refractivity contribution in [1.29, 1.82) is 0 Å². The van der Waals surface area contributed by atoms with Crippen LogP contribution in [-0.2, 0) is 11.3 Å². The fourth-order valence-corrected chi connectivity index (χ4v) is 1.86. The predicted molar refractivity (Wildman–Crippen MR) is 70.4 cm³/mol. The number of benzene rings is 1. The molecule has 4 nitrogen and oxygen atoms in total. The first-order chi connectivity index (χ1) is 8.02. The maximum Gasteiger partial charge on any atom is 0.223 e. The van der Waals surface area contributed by atoms with Gasteiger partial charge in [-0.3, -0.25) is 4.79 Å². The number of hydrogen-bond acceptors (Lipinski definition) is 3. The number of rotatable bonds is 5. The van der Waals surface area contributed by atoms with Crippen LogP contribution in [-0.4, -0.2) is 31.4 Å². The normalized spacial score (nSPS) is 12.5. The molecule has 0 aromatic heterocycles. The average Bonchev–Trinajstić information content (AvgIpc) is 2.27. The van der Waals surface area contributed by atoms with E-state index in [0.717, 1.165) is 24.3 Å². The summed E-state index contributed by atoms with van der Waals surface area (Å²) in [6, 6.07) is 7.82. The van der Waals surface area contributed by atoms with Crippen LogP contribution in [0.1, 0.15) is 12.5 Å². The monoisotopic (exact) mass is 235 g/mol. The van der Waals surface area contributed by atoms with Gasteiger partial charge in [-0.15, -0.1) is 0 Å². The second kappa shape index (κ2) is 6.25. The van der Waals surface area contributed by atoms with Gasteiger partial charge in [-0.05, 0) is 24.7 Å². The number of nitrogens with one attached hydrogen (secondary N) is 1. The van der Waals surface area contributed by atoms with E-state index in [9.17, 15) is 4.79 Å². The van der Waals surface area contributed by atoms with Crippen LogP contribution in [0.4, 0.5) is 5.69 Å². The summed E-state index contributed by atoms with van der Waals surface area (Å²) in [5.41, 5.74) is 7.66. The zero-order valence-electron chi connectivity index (χ0n) is 10.7.